The van der Waals surface area contributed by atoms with E-state index >= 15 is 0 Å². The van der Waals surface area contributed by atoms with Gasteiger partial charge in [-0.1, -0.05) is 6.07 Å². The average molecular weight is 511 g/mol. The number of carbonyl (C=O) groups is 2. The highest BCUT2D eigenvalue weighted by Gasteiger charge is 2.22. The standard InChI is InChI=1S/C24H26N6O5S/c1-16(31)4-7-22(32)29-8-10-30(11-9-29)23-19-12-17(5-6-20(19)26-15-27-23)18-13-21(28-36(3,33)34)24(35-2)25-14-18/h4-7,12-15,28H,8-11H2,1-3H3/b7-4+. The molecule has 3 heterocycles. The van der Waals surface area contributed by atoms with Gasteiger partial charge in [-0.15, -0.1) is 0 Å². The van der Waals surface area contributed by atoms with Gasteiger partial charge in [0.2, 0.25) is 21.8 Å². The van der Waals surface area contributed by atoms with Gasteiger partial charge < -0.3 is 14.5 Å². The monoisotopic (exact) mass is 510 g/mol. The minimum atomic E-state index is -3.53. The number of piperazine rings is 1. The molecule has 12 heteroatoms. The summed E-state index contributed by atoms with van der Waals surface area (Å²) in [6.45, 7) is 3.54. The molecule has 11 nitrogen and oxygen atoms in total. The summed E-state index contributed by atoms with van der Waals surface area (Å²) in [6.07, 6.45) is 6.76. The van der Waals surface area contributed by atoms with Crippen LogP contribution in [0.3, 0.4) is 0 Å². The molecule has 1 N–H and O–H groups in total. The van der Waals surface area contributed by atoms with Crippen molar-refractivity contribution in [3.8, 4) is 17.0 Å². The molecule has 0 aliphatic carbocycles. The van der Waals surface area contributed by atoms with Gasteiger partial charge in [0, 0.05) is 49.4 Å². The number of rotatable bonds is 7. The summed E-state index contributed by atoms with van der Waals surface area (Å²) >= 11 is 0. The summed E-state index contributed by atoms with van der Waals surface area (Å²) in [5.74, 6) is 0.547. The first-order chi connectivity index (χ1) is 17.1. The molecule has 1 amide bonds. The first-order valence-corrected chi connectivity index (χ1v) is 13.0. The molecule has 36 heavy (non-hydrogen) atoms. The van der Waals surface area contributed by atoms with E-state index in [1.54, 1.807) is 17.2 Å². The van der Waals surface area contributed by atoms with E-state index in [2.05, 4.69) is 24.6 Å². The number of amides is 1. The molecule has 1 aromatic carbocycles. The Morgan fingerprint density at radius 2 is 1.78 bits per heavy atom. The Bertz CT molecular complexity index is 1450. The Kier molecular flexibility index (Phi) is 7.15. The molecule has 0 radical (unpaired) electrons. The fraction of sp³-hybridized carbons (Fsp3) is 0.292. The largest absolute Gasteiger partial charge is 0.480 e. The van der Waals surface area contributed by atoms with Crippen molar-refractivity contribution in [3.05, 3.63) is 48.9 Å². The number of methoxy groups -OCH3 is 1. The van der Waals surface area contributed by atoms with Gasteiger partial charge in [0.15, 0.2) is 5.78 Å². The van der Waals surface area contributed by atoms with Crippen LogP contribution in [-0.2, 0) is 19.6 Å². The number of benzene rings is 1. The van der Waals surface area contributed by atoms with E-state index in [0.29, 0.717) is 31.7 Å². The zero-order valence-electron chi connectivity index (χ0n) is 20.1. The van der Waals surface area contributed by atoms with Crippen LogP contribution in [0, 0.1) is 0 Å². The first kappa shape index (κ1) is 25.0. The van der Waals surface area contributed by atoms with E-state index < -0.39 is 10.0 Å². The number of nitrogens with one attached hydrogen (secondary N) is 1. The van der Waals surface area contributed by atoms with Gasteiger partial charge >= 0.3 is 0 Å². The van der Waals surface area contributed by atoms with Crippen LogP contribution in [0.25, 0.3) is 22.0 Å². The van der Waals surface area contributed by atoms with Crippen LogP contribution in [0.5, 0.6) is 5.88 Å². The van der Waals surface area contributed by atoms with Crippen molar-refractivity contribution in [1.29, 1.82) is 0 Å². The van der Waals surface area contributed by atoms with Gasteiger partial charge in [-0.2, -0.15) is 0 Å². The highest BCUT2D eigenvalue weighted by Crippen LogP contribution is 2.32. The van der Waals surface area contributed by atoms with E-state index in [9.17, 15) is 18.0 Å². The van der Waals surface area contributed by atoms with Gasteiger partial charge in [0.1, 0.15) is 17.8 Å². The van der Waals surface area contributed by atoms with Crippen LogP contribution in [0.2, 0.25) is 0 Å². The second kappa shape index (κ2) is 10.3. The van der Waals surface area contributed by atoms with E-state index in [4.69, 9.17) is 4.74 Å². The maximum atomic E-state index is 12.3. The van der Waals surface area contributed by atoms with Crippen molar-refractivity contribution in [3.63, 3.8) is 0 Å². The lowest BCUT2D eigenvalue weighted by Gasteiger charge is -2.35. The third-order valence-corrected chi connectivity index (χ3v) is 6.23. The Hall–Kier alpha value is -4.06. The first-order valence-electron chi connectivity index (χ1n) is 11.1. The number of hydrogen-bond donors (Lipinski definition) is 1. The molecule has 1 aliphatic rings. The molecule has 1 saturated heterocycles. The Balaban J connectivity index is 1.62. The number of pyridine rings is 1. The predicted octanol–water partition coefficient (Wildman–Crippen LogP) is 1.87. The van der Waals surface area contributed by atoms with Gasteiger partial charge in [-0.25, -0.2) is 23.4 Å². The fourth-order valence-corrected chi connectivity index (χ4v) is 4.50. The van der Waals surface area contributed by atoms with Crippen molar-refractivity contribution in [2.75, 3.05) is 49.2 Å². The topological polar surface area (TPSA) is 135 Å². The van der Waals surface area contributed by atoms with Crippen LogP contribution >= 0.6 is 0 Å². The normalized spacial score (nSPS) is 14.3. The SMILES string of the molecule is COc1ncc(-c2ccc3ncnc(N4CCN(C(=O)/C=C/C(C)=O)CC4)c3c2)cc1NS(C)(=O)=O. The molecule has 0 spiro atoms. The number of ether oxygens (including phenoxy) is 1. The molecule has 0 unspecified atom stereocenters. The maximum absolute atomic E-state index is 12.3. The molecule has 1 aliphatic heterocycles. The van der Waals surface area contributed by atoms with Gasteiger partial charge in [0.05, 0.1) is 18.9 Å². The van der Waals surface area contributed by atoms with Crippen LogP contribution in [0.4, 0.5) is 11.5 Å². The van der Waals surface area contributed by atoms with Crippen molar-refractivity contribution in [1.82, 2.24) is 19.9 Å². The van der Waals surface area contributed by atoms with Gasteiger partial charge in [-0.05, 0) is 36.8 Å². The van der Waals surface area contributed by atoms with E-state index in [1.807, 2.05) is 18.2 Å². The number of ketones is 1. The third kappa shape index (κ3) is 5.77. The van der Waals surface area contributed by atoms with E-state index in [-0.39, 0.29) is 23.3 Å². The highest BCUT2D eigenvalue weighted by molar-refractivity contribution is 7.92. The van der Waals surface area contributed by atoms with Crippen molar-refractivity contribution >= 4 is 44.1 Å². The molecular weight excluding hydrogens is 484 g/mol. The molecule has 4 rings (SSSR count). The second-order valence-electron chi connectivity index (χ2n) is 8.34. The molecule has 0 saturated carbocycles. The summed E-state index contributed by atoms with van der Waals surface area (Å²) in [6, 6.07) is 7.35. The molecule has 0 bridgehead atoms. The molecule has 2 aromatic heterocycles. The minimum absolute atomic E-state index is 0.166. The number of allylic oxidation sites excluding steroid dienone is 1. The predicted molar refractivity (Wildman–Crippen MR) is 136 cm³/mol. The van der Waals surface area contributed by atoms with E-state index in [0.717, 1.165) is 28.5 Å². The third-order valence-electron chi connectivity index (χ3n) is 5.64. The summed E-state index contributed by atoms with van der Waals surface area (Å²) < 4.78 is 31.2. The molecular formula is C24H26N6O5S. The maximum Gasteiger partial charge on any atom is 0.246 e. The molecule has 188 valence electrons. The Labute approximate surface area is 208 Å². The van der Waals surface area contributed by atoms with Crippen LogP contribution in [0.15, 0.2) is 48.9 Å². The zero-order valence-corrected chi connectivity index (χ0v) is 20.9. The van der Waals surface area contributed by atoms with Crippen molar-refractivity contribution in [2.45, 2.75) is 6.92 Å². The number of sulfonamides is 1. The molecule has 0 atom stereocenters. The number of anilines is 2. The highest BCUT2D eigenvalue weighted by atomic mass is 32.2. The molecule has 3 aromatic rings. The number of aromatic nitrogens is 3. The summed E-state index contributed by atoms with van der Waals surface area (Å²) in [4.78, 5) is 40.3. The lowest BCUT2D eigenvalue weighted by Crippen LogP contribution is -2.48. The number of carbonyl (C=O) groups excluding carboxylic acids is 2. The van der Waals surface area contributed by atoms with Gasteiger partial charge in [-0.3, -0.25) is 14.3 Å². The van der Waals surface area contributed by atoms with Crippen LogP contribution in [0.1, 0.15) is 6.92 Å². The Morgan fingerprint density at radius 1 is 1.03 bits per heavy atom. The number of hydrogen-bond acceptors (Lipinski definition) is 9. The quantitative estimate of drug-likeness (QED) is 0.473. The minimum Gasteiger partial charge on any atom is -0.480 e. The lowest BCUT2D eigenvalue weighted by molar-refractivity contribution is -0.126. The average Bonchev–Trinajstić information content (AvgIpc) is 2.85. The van der Waals surface area contributed by atoms with Crippen LogP contribution in [-0.4, -0.2) is 79.5 Å². The van der Waals surface area contributed by atoms with Crippen molar-refractivity contribution < 1.29 is 22.7 Å². The smallest absolute Gasteiger partial charge is 0.246 e. The van der Waals surface area contributed by atoms with E-state index in [1.165, 1.54) is 32.5 Å². The summed E-state index contributed by atoms with van der Waals surface area (Å²) in [7, 11) is -2.11. The summed E-state index contributed by atoms with van der Waals surface area (Å²) in [5.41, 5.74) is 2.48. The van der Waals surface area contributed by atoms with Crippen molar-refractivity contribution in [2.24, 2.45) is 0 Å². The second-order valence-corrected chi connectivity index (χ2v) is 10.1. The fourth-order valence-electron chi connectivity index (χ4n) is 3.95. The van der Waals surface area contributed by atoms with Crippen LogP contribution < -0.4 is 14.4 Å². The lowest BCUT2D eigenvalue weighted by atomic mass is 10.0. The Morgan fingerprint density at radius 3 is 2.44 bits per heavy atom. The summed E-state index contributed by atoms with van der Waals surface area (Å²) in [5, 5.41) is 0.819. The molecule has 1 fully saturated rings. The number of fused-ring (bicyclic) bond motifs is 1. The van der Waals surface area contributed by atoms with Gasteiger partial charge in [0.25, 0.3) is 0 Å². The zero-order chi connectivity index (χ0) is 25.9. The number of nitrogens with zero attached hydrogens (tertiary/aromatic N) is 5.